The third-order valence-electron chi connectivity index (χ3n) is 0.464. The van der Waals surface area contributed by atoms with Gasteiger partial charge < -0.3 is 10.9 Å². The van der Waals surface area contributed by atoms with Crippen LogP contribution in [-0.4, -0.2) is 5.16 Å². The molecule has 0 atom stereocenters. The van der Waals surface area contributed by atoms with Crippen LogP contribution in [0.5, 0.6) is 0 Å². The van der Waals surface area contributed by atoms with E-state index in [2.05, 4.69) is 9.79 Å². The van der Waals surface area contributed by atoms with Gasteiger partial charge in [-0.15, -0.1) is 0 Å². The van der Waals surface area contributed by atoms with Gasteiger partial charge in [0.25, 0.3) is 0 Å². The van der Waals surface area contributed by atoms with Gasteiger partial charge in [-0.05, 0) is 4.90 Å². The largest absolute Gasteiger partial charge is 0.359 e. The summed E-state index contributed by atoms with van der Waals surface area (Å²) in [4.78, 5) is 0.176. The van der Waals surface area contributed by atoms with E-state index >= 15 is 0 Å². The third-order valence-corrected chi connectivity index (χ3v) is 0.464. The summed E-state index contributed by atoms with van der Waals surface area (Å²) < 4.78 is 3.95. The van der Waals surface area contributed by atoms with E-state index in [1.165, 1.54) is 0 Å². The lowest BCUT2D eigenvalue weighted by Gasteiger charge is -1.73. The van der Waals surface area contributed by atoms with E-state index in [-0.39, 0.29) is 10.7 Å². The van der Waals surface area contributed by atoms with Crippen molar-refractivity contribution in [1.29, 1.82) is 0 Å². The van der Waals surface area contributed by atoms with E-state index in [0.717, 1.165) is 6.20 Å². The Labute approximate surface area is 38.9 Å². The monoisotopic (exact) mass is 101 g/mol. The molecule has 0 radical (unpaired) electrons. The average Bonchev–Trinajstić information content (AvgIpc) is 1.87. The molecule has 0 aliphatic rings. The fourth-order valence-electron chi connectivity index (χ4n) is 0.243. The second-order valence-electron chi connectivity index (χ2n) is 1.01. The Kier molecular flexibility index (Phi) is 0.619. The molecule has 0 saturated carbocycles. The SMILES string of the molecule is Nc1c[n+]([O-])on1. The van der Waals surface area contributed by atoms with Crippen LogP contribution in [0.4, 0.5) is 5.82 Å². The normalized spacial score (nSPS) is 9.14. The smallest absolute Gasteiger partial charge is 0.304 e. The Balaban J connectivity index is 3.04. The lowest BCUT2D eigenvalue weighted by molar-refractivity contribution is -0.802. The van der Waals surface area contributed by atoms with Crippen LogP contribution in [0.15, 0.2) is 10.8 Å². The molecule has 5 heteroatoms. The van der Waals surface area contributed by atoms with Gasteiger partial charge in [-0.25, -0.2) is 0 Å². The zero-order valence-corrected chi connectivity index (χ0v) is 3.37. The first kappa shape index (κ1) is 3.91. The first-order valence-corrected chi connectivity index (χ1v) is 1.61. The van der Waals surface area contributed by atoms with Crippen molar-refractivity contribution in [2.75, 3.05) is 5.73 Å². The molecule has 1 aromatic heterocycles. The van der Waals surface area contributed by atoms with E-state index in [0.29, 0.717) is 0 Å². The Morgan fingerprint density at radius 1 is 2.00 bits per heavy atom. The van der Waals surface area contributed by atoms with Gasteiger partial charge in [-0.1, -0.05) is 0 Å². The zero-order chi connectivity index (χ0) is 5.28. The summed E-state index contributed by atoms with van der Waals surface area (Å²) in [7, 11) is 0. The van der Waals surface area contributed by atoms with Crippen molar-refractivity contribution in [1.82, 2.24) is 5.16 Å². The Morgan fingerprint density at radius 2 is 2.71 bits per heavy atom. The van der Waals surface area contributed by atoms with E-state index in [9.17, 15) is 5.21 Å². The highest BCUT2D eigenvalue weighted by atomic mass is 16.8. The molecule has 0 aliphatic carbocycles. The van der Waals surface area contributed by atoms with Crippen molar-refractivity contribution in [3.8, 4) is 0 Å². The highest BCUT2D eigenvalue weighted by molar-refractivity contribution is 5.15. The number of hydrogen-bond acceptors (Lipinski definition) is 4. The van der Waals surface area contributed by atoms with Gasteiger partial charge in [0.05, 0.1) is 5.16 Å². The van der Waals surface area contributed by atoms with Crippen molar-refractivity contribution in [3.05, 3.63) is 11.4 Å². The van der Waals surface area contributed by atoms with Crippen molar-refractivity contribution >= 4 is 5.82 Å². The van der Waals surface area contributed by atoms with Crippen LogP contribution in [0.2, 0.25) is 0 Å². The molecule has 1 aromatic rings. The Bertz CT molecular complexity index is 143. The summed E-state index contributed by atoms with van der Waals surface area (Å²) in [5, 5.41) is 13.0. The first-order chi connectivity index (χ1) is 3.29. The van der Waals surface area contributed by atoms with Gasteiger partial charge in [0.15, 0.2) is 0 Å². The lowest BCUT2D eigenvalue weighted by Crippen LogP contribution is -2.20. The van der Waals surface area contributed by atoms with Gasteiger partial charge in [-0.2, -0.15) is 0 Å². The number of nitrogens with zero attached hydrogens (tertiary/aromatic N) is 2. The van der Waals surface area contributed by atoms with Crippen LogP contribution in [0.25, 0.3) is 0 Å². The second-order valence-corrected chi connectivity index (χ2v) is 1.01. The van der Waals surface area contributed by atoms with Gasteiger partial charge in [-0.3, -0.25) is 4.63 Å². The lowest BCUT2D eigenvalue weighted by atomic mass is 10.8. The minimum absolute atomic E-state index is 0.0926. The Hall–Kier alpha value is -1.26. The highest BCUT2D eigenvalue weighted by Crippen LogP contribution is 1.83. The minimum atomic E-state index is 0.0926. The van der Waals surface area contributed by atoms with Crippen LogP contribution in [0, 0.1) is 5.21 Å². The quantitative estimate of drug-likeness (QED) is 0.420. The van der Waals surface area contributed by atoms with Gasteiger partial charge in [0, 0.05) is 0 Å². The summed E-state index contributed by atoms with van der Waals surface area (Å²) >= 11 is 0. The van der Waals surface area contributed by atoms with Crippen molar-refractivity contribution in [3.63, 3.8) is 0 Å². The molecule has 0 unspecified atom stereocenters. The van der Waals surface area contributed by atoms with Crippen molar-refractivity contribution in [2.45, 2.75) is 0 Å². The highest BCUT2D eigenvalue weighted by Gasteiger charge is 1.93. The minimum Gasteiger partial charge on any atom is -0.359 e. The molecule has 0 bridgehead atoms. The average molecular weight is 101 g/mol. The van der Waals surface area contributed by atoms with Crippen LogP contribution < -0.4 is 10.6 Å². The molecule has 38 valence electrons. The topological polar surface area (TPSA) is 79.0 Å². The van der Waals surface area contributed by atoms with Gasteiger partial charge in [0.2, 0.25) is 6.20 Å². The molecule has 0 spiro atoms. The summed E-state index contributed by atoms with van der Waals surface area (Å²) in [5.41, 5.74) is 4.95. The molecule has 7 heavy (non-hydrogen) atoms. The molecule has 0 amide bonds. The molecular formula is C2H3N3O2. The molecular weight excluding hydrogens is 98.0 g/mol. The molecule has 2 N–H and O–H groups in total. The predicted octanol–water partition coefficient (Wildman–Crippen LogP) is -1.11. The summed E-state index contributed by atoms with van der Waals surface area (Å²) in [6, 6.07) is 0. The first-order valence-electron chi connectivity index (χ1n) is 1.61. The molecule has 1 rings (SSSR count). The molecule has 1 heterocycles. The number of rotatable bonds is 0. The van der Waals surface area contributed by atoms with Gasteiger partial charge in [0.1, 0.15) is 0 Å². The molecule has 0 aliphatic heterocycles. The fourth-order valence-corrected chi connectivity index (χ4v) is 0.243. The number of nitrogen functional groups attached to an aromatic ring is 1. The second kappa shape index (κ2) is 1.11. The van der Waals surface area contributed by atoms with E-state index < -0.39 is 0 Å². The number of hydrogen-bond donors (Lipinski definition) is 1. The van der Waals surface area contributed by atoms with Crippen molar-refractivity contribution < 1.29 is 9.53 Å². The zero-order valence-electron chi connectivity index (χ0n) is 3.37. The van der Waals surface area contributed by atoms with Gasteiger partial charge >= 0.3 is 5.82 Å². The molecule has 5 nitrogen and oxygen atoms in total. The van der Waals surface area contributed by atoms with E-state index in [1.807, 2.05) is 0 Å². The molecule has 0 saturated heterocycles. The summed E-state index contributed by atoms with van der Waals surface area (Å²) in [6.45, 7) is 0. The number of nitrogens with two attached hydrogens (primary N) is 1. The van der Waals surface area contributed by atoms with Crippen LogP contribution in [-0.2, 0) is 0 Å². The number of aromatic nitrogens is 2. The number of anilines is 1. The van der Waals surface area contributed by atoms with Crippen molar-refractivity contribution in [2.24, 2.45) is 0 Å². The molecule has 0 fully saturated rings. The maximum atomic E-state index is 9.90. The standard InChI is InChI=1S/C2H3N3O2/c3-2-1-5(6)7-4-2/h1H,(H2,3,4). The summed E-state index contributed by atoms with van der Waals surface area (Å²) in [5.74, 6) is 0.0926. The molecule has 0 aromatic carbocycles. The Morgan fingerprint density at radius 3 is 2.86 bits per heavy atom. The third kappa shape index (κ3) is 0.594. The van der Waals surface area contributed by atoms with E-state index in [1.54, 1.807) is 0 Å². The summed E-state index contributed by atoms with van der Waals surface area (Å²) in [6.07, 6.45) is 1.03. The maximum Gasteiger partial charge on any atom is 0.304 e. The maximum absolute atomic E-state index is 9.90. The van der Waals surface area contributed by atoms with Crippen LogP contribution >= 0.6 is 0 Å². The predicted molar refractivity (Wildman–Crippen MR) is 19.9 cm³/mol. The van der Waals surface area contributed by atoms with Crippen LogP contribution in [0.1, 0.15) is 0 Å². The van der Waals surface area contributed by atoms with E-state index in [4.69, 9.17) is 5.73 Å². The van der Waals surface area contributed by atoms with Crippen LogP contribution in [0.3, 0.4) is 0 Å². The fraction of sp³-hybridized carbons (Fsp3) is 0.